The van der Waals surface area contributed by atoms with Crippen LogP contribution in [0.25, 0.3) is 0 Å². The van der Waals surface area contributed by atoms with E-state index in [9.17, 15) is 0 Å². The summed E-state index contributed by atoms with van der Waals surface area (Å²) in [6.45, 7) is 9.36. The molecule has 1 aromatic carbocycles. The van der Waals surface area contributed by atoms with E-state index in [0.717, 1.165) is 12.5 Å². The van der Waals surface area contributed by atoms with Gasteiger partial charge in [-0.05, 0) is 49.9 Å². The lowest BCUT2D eigenvalue weighted by atomic mass is 9.94. The number of aryl methyl sites for hydroxylation is 1. The molecule has 118 valence electrons. The van der Waals surface area contributed by atoms with Crippen molar-refractivity contribution in [2.24, 2.45) is 5.92 Å². The molecule has 0 aromatic heterocycles. The van der Waals surface area contributed by atoms with Gasteiger partial charge in [0, 0.05) is 18.6 Å². The maximum absolute atomic E-state index is 3.61. The van der Waals surface area contributed by atoms with Crippen molar-refractivity contribution >= 4 is 0 Å². The van der Waals surface area contributed by atoms with Gasteiger partial charge in [-0.15, -0.1) is 0 Å². The van der Waals surface area contributed by atoms with Crippen LogP contribution in [0, 0.1) is 5.92 Å². The summed E-state index contributed by atoms with van der Waals surface area (Å²) in [5, 5.41) is 3.61. The molecule has 0 saturated heterocycles. The van der Waals surface area contributed by atoms with Crippen LogP contribution >= 0.6 is 0 Å². The van der Waals surface area contributed by atoms with E-state index in [-0.39, 0.29) is 0 Å². The Balaban J connectivity index is 2.25. The van der Waals surface area contributed by atoms with Crippen LogP contribution in [-0.4, -0.2) is 31.1 Å². The van der Waals surface area contributed by atoms with Crippen LogP contribution in [0.2, 0.25) is 0 Å². The van der Waals surface area contributed by atoms with Crippen LogP contribution in [0.3, 0.4) is 0 Å². The molecule has 21 heavy (non-hydrogen) atoms. The van der Waals surface area contributed by atoms with Crippen LogP contribution in [0.4, 0.5) is 0 Å². The molecule has 0 spiro atoms. The van der Waals surface area contributed by atoms with Gasteiger partial charge in [0.25, 0.3) is 0 Å². The maximum atomic E-state index is 3.61. The lowest BCUT2D eigenvalue weighted by Gasteiger charge is -2.37. The van der Waals surface area contributed by atoms with Gasteiger partial charge in [-0.25, -0.2) is 0 Å². The Morgan fingerprint density at radius 2 is 2.05 bits per heavy atom. The number of nitrogens with one attached hydrogen (secondary N) is 1. The fourth-order valence-electron chi connectivity index (χ4n) is 3.71. The summed E-state index contributed by atoms with van der Waals surface area (Å²) in [6.07, 6.45) is 5.09. The molecule has 0 saturated carbocycles. The third kappa shape index (κ3) is 3.87. The highest BCUT2D eigenvalue weighted by atomic mass is 15.2. The van der Waals surface area contributed by atoms with E-state index in [1.807, 2.05) is 0 Å². The second-order valence-corrected chi connectivity index (χ2v) is 6.53. The zero-order valence-corrected chi connectivity index (χ0v) is 14.2. The van der Waals surface area contributed by atoms with E-state index in [1.165, 1.54) is 37.8 Å². The average Bonchev–Trinajstić information content (AvgIpc) is 2.71. The first-order valence-corrected chi connectivity index (χ1v) is 8.70. The monoisotopic (exact) mass is 288 g/mol. The Kier molecular flexibility index (Phi) is 6.25. The Morgan fingerprint density at radius 1 is 1.29 bits per heavy atom. The molecule has 0 aliphatic heterocycles. The molecule has 1 aromatic rings. The lowest BCUT2D eigenvalue weighted by Crippen LogP contribution is -2.45. The second kappa shape index (κ2) is 7.95. The molecule has 1 aliphatic rings. The molecular formula is C19H32N2. The molecule has 2 rings (SSSR count). The summed E-state index contributed by atoms with van der Waals surface area (Å²) in [4.78, 5) is 2.71. The van der Waals surface area contributed by atoms with E-state index in [1.54, 1.807) is 5.56 Å². The molecule has 0 fully saturated rings. The molecule has 0 amide bonds. The largest absolute Gasteiger partial charge is 0.312 e. The first kappa shape index (κ1) is 16.5. The molecular weight excluding hydrogens is 256 g/mol. The molecule has 2 heteroatoms. The molecule has 1 N–H and O–H groups in total. The van der Waals surface area contributed by atoms with Gasteiger partial charge in [0.1, 0.15) is 0 Å². The number of likely N-dealkylation sites (N-methyl/N-ethyl adjacent to an activating group) is 2. The Labute approximate surface area is 130 Å². The summed E-state index contributed by atoms with van der Waals surface area (Å²) in [7, 11) is 2.12. The standard InChI is InChI=1S/C19H32N2/c1-5-15(3)14-21(6-2)18-13-9-11-16-10-7-8-12-17(16)19(18)20-4/h7-8,10,12,15,18-20H,5-6,9,11,13-14H2,1-4H3. The molecule has 3 atom stereocenters. The quantitative estimate of drug-likeness (QED) is 0.795. The Morgan fingerprint density at radius 3 is 2.71 bits per heavy atom. The topological polar surface area (TPSA) is 15.3 Å². The fraction of sp³-hybridized carbons (Fsp3) is 0.684. The van der Waals surface area contributed by atoms with Gasteiger partial charge in [-0.1, -0.05) is 51.5 Å². The molecule has 1 aliphatic carbocycles. The third-order valence-corrected chi connectivity index (χ3v) is 5.15. The lowest BCUT2D eigenvalue weighted by molar-refractivity contribution is 0.137. The van der Waals surface area contributed by atoms with Crippen molar-refractivity contribution in [2.75, 3.05) is 20.1 Å². The number of benzene rings is 1. The third-order valence-electron chi connectivity index (χ3n) is 5.15. The van der Waals surface area contributed by atoms with E-state index >= 15 is 0 Å². The van der Waals surface area contributed by atoms with Crippen LogP contribution in [-0.2, 0) is 6.42 Å². The number of nitrogens with zero attached hydrogens (tertiary/aromatic N) is 1. The number of hydrogen-bond acceptors (Lipinski definition) is 2. The zero-order valence-electron chi connectivity index (χ0n) is 14.2. The minimum absolute atomic E-state index is 0.465. The number of hydrogen-bond donors (Lipinski definition) is 1. The predicted octanol–water partition coefficient (Wildman–Crippen LogP) is 4.02. The van der Waals surface area contributed by atoms with Crippen LogP contribution < -0.4 is 5.32 Å². The van der Waals surface area contributed by atoms with Gasteiger partial charge in [0.15, 0.2) is 0 Å². The van der Waals surface area contributed by atoms with Gasteiger partial charge in [-0.2, -0.15) is 0 Å². The van der Waals surface area contributed by atoms with E-state index in [0.29, 0.717) is 12.1 Å². The van der Waals surface area contributed by atoms with Crippen molar-refractivity contribution in [1.29, 1.82) is 0 Å². The number of fused-ring (bicyclic) bond motifs is 1. The summed E-state index contributed by atoms with van der Waals surface area (Å²) in [6, 6.07) is 10.1. The van der Waals surface area contributed by atoms with Crippen LogP contribution in [0.5, 0.6) is 0 Å². The first-order valence-electron chi connectivity index (χ1n) is 8.70. The SMILES string of the molecule is CCC(C)CN(CC)C1CCCc2ccccc2C1NC. The first-order chi connectivity index (χ1) is 10.2. The van der Waals surface area contributed by atoms with Crippen molar-refractivity contribution in [1.82, 2.24) is 10.2 Å². The Bertz CT molecular complexity index is 429. The smallest absolute Gasteiger partial charge is 0.0478 e. The molecule has 3 unspecified atom stereocenters. The van der Waals surface area contributed by atoms with Crippen molar-refractivity contribution in [3.8, 4) is 0 Å². The summed E-state index contributed by atoms with van der Waals surface area (Å²) in [5.74, 6) is 0.779. The van der Waals surface area contributed by atoms with Crippen LogP contribution in [0.1, 0.15) is 57.2 Å². The van der Waals surface area contributed by atoms with E-state index in [2.05, 4.69) is 62.3 Å². The van der Waals surface area contributed by atoms with Gasteiger partial charge in [-0.3, -0.25) is 4.90 Å². The van der Waals surface area contributed by atoms with E-state index < -0.39 is 0 Å². The predicted molar refractivity (Wildman–Crippen MR) is 91.7 cm³/mol. The Hall–Kier alpha value is -0.860. The number of rotatable bonds is 6. The van der Waals surface area contributed by atoms with Gasteiger partial charge in [0.05, 0.1) is 0 Å². The van der Waals surface area contributed by atoms with Gasteiger partial charge >= 0.3 is 0 Å². The minimum Gasteiger partial charge on any atom is -0.312 e. The van der Waals surface area contributed by atoms with Crippen LogP contribution in [0.15, 0.2) is 24.3 Å². The maximum Gasteiger partial charge on any atom is 0.0478 e. The second-order valence-electron chi connectivity index (χ2n) is 6.53. The summed E-state index contributed by atoms with van der Waals surface area (Å²) < 4.78 is 0. The summed E-state index contributed by atoms with van der Waals surface area (Å²) >= 11 is 0. The minimum atomic E-state index is 0.465. The van der Waals surface area contributed by atoms with Gasteiger partial charge in [0.2, 0.25) is 0 Å². The van der Waals surface area contributed by atoms with Crippen molar-refractivity contribution in [3.05, 3.63) is 35.4 Å². The average molecular weight is 288 g/mol. The van der Waals surface area contributed by atoms with Crippen molar-refractivity contribution < 1.29 is 0 Å². The van der Waals surface area contributed by atoms with E-state index in [4.69, 9.17) is 0 Å². The molecule has 2 nitrogen and oxygen atoms in total. The zero-order chi connectivity index (χ0) is 15.2. The summed E-state index contributed by atoms with van der Waals surface area (Å²) in [5.41, 5.74) is 3.06. The van der Waals surface area contributed by atoms with Crippen molar-refractivity contribution in [3.63, 3.8) is 0 Å². The van der Waals surface area contributed by atoms with Crippen molar-refractivity contribution in [2.45, 2.75) is 58.5 Å². The fourth-order valence-corrected chi connectivity index (χ4v) is 3.71. The highest BCUT2D eigenvalue weighted by molar-refractivity contribution is 5.32. The van der Waals surface area contributed by atoms with Gasteiger partial charge < -0.3 is 5.32 Å². The normalized spacial score (nSPS) is 23.7. The highest BCUT2D eigenvalue weighted by Crippen LogP contribution is 2.32. The molecule has 0 bridgehead atoms. The molecule has 0 radical (unpaired) electrons. The molecule has 0 heterocycles. The highest BCUT2D eigenvalue weighted by Gasteiger charge is 2.30.